The number of aromatic amines is 1. The lowest BCUT2D eigenvalue weighted by atomic mass is 10.00. The molecule has 1 fully saturated rings. The highest BCUT2D eigenvalue weighted by atomic mass is 15.0. The third-order valence-electron chi connectivity index (χ3n) is 4.30. The first kappa shape index (κ1) is 14.1. The summed E-state index contributed by atoms with van der Waals surface area (Å²) in [6, 6.07) is 5.91. The van der Waals surface area contributed by atoms with Gasteiger partial charge >= 0.3 is 0 Å². The maximum absolute atomic E-state index is 4.67. The molecule has 1 atom stereocenters. The molecule has 1 aliphatic heterocycles. The Morgan fingerprint density at radius 2 is 2.26 bits per heavy atom. The van der Waals surface area contributed by atoms with Crippen LogP contribution in [0.1, 0.15) is 12.8 Å². The smallest absolute Gasteiger partial charge is 0.156 e. The molecule has 3 aromatic heterocycles. The molecule has 6 nitrogen and oxygen atoms in total. The predicted molar refractivity (Wildman–Crippen MR) is 91.2 cm³/mol. The van der Waals surface area contributed by atoms with Crippen molar-refractivity contribution >= 4 is 17.0 Å². The number of H-pyrrole nitrogens is 1. The summed E-state index contributed by atoms with van der Waals surface area (Å²) in [6.45, 7) is 3.14. The van der Waals surface area contributed by atoms with Crippen LogP contribution in [0.5, 0.6) is 0 Å². The standard InChI is InChI=1S/C17H20N6/c1-3-12(9-18-6-1)10-21-16-13(4-2-7-19-16)15-11-22-17-14(23-15)5-8-20-17/h2,4-5,7-8,11-12,18H,1,3,6,9-10H2,(H,19,21)(H,20,22). The summed E-state index contributed by atoms with van der Waals surface area (Å²) in [4.78, 5) is 16.7. The number of piperidine rings is 1. The maximum atomic E-state index is 4.67. The molecule has 0 spiro atoms. The highest BCUT2D eigenvalue weighted by molar-refractivity contribution is 5.78. The molecule has 4 rings (SSSR count). The van der Waals surface area contributed by atoms with Crippen LogP contribution in [0, 0.1) is 5.92 Å². The zero-order valence-electron chi connectivity index (χ0n) is 12.9. The largest absolute Gasteiger partial charge is 0.369 e. The summed E-state index contributed by atoms with van der Waals surface area (Å²) in [5.41, 5.74) is 3.51. The molecular formula is C17H20N6. The van der Waals surface area contributed by atoms with Crippen LogP contribution in [-0.2, 0) is 0 Å². The van der Waals surface area contributed by atoms with Gasteiger partial charge in [0.1, 0.15) is 11.3 Å². The first-order chi connectivity index (χ1) is 11.4. The molecule has 6 heteroatoms. The van der Waals surface area contributed by atoms with Crippen LogP contribution in [0.15, 0.2) is 36.8 Å². The molecule has 1 saturated heterocycles. The van der Waals surface area contributed by atoms with E-state index in [1.807, 2.05) is 30.6 Å². The van der Waals surface area contributed by atoms with Crippen molar-refractivity contribution in [1.29, 1.82) is 0 Å². The third kappa shape index (κ3) is 3.03. The van der Waals surface area contributed by atoms with E-state index in [0.717, 1.165) is 47.9 Å². The van der Waals surface area contributed by atoms with Crippen molar-refractivity contribution in [2.24, 2.45) is 5.92 Å². The van der Waals surface area contributed by atoms with Crippen molar-refractivity contribution in [3.63, 3.8) is 0 Å². The second kappa shape index (κ2) is 6.34. The number of hydrogen-bond acceptors (Lipinski definition) is 5. The van der Waals surface area contributed by atoms with Crippen LogP contribution >= 0.6 is 0 Å². The highest BCUT2D eigenvalue weighted by Crippen LogP contribution is 2.25. The Kier molecular flexibility index (Phi) is 3.90. The molecular weight excluding hydrogens is 288 g/mol. The van der Waals surface area contributed by atoms with Crippen molar-refractivity contribution < 1.29 is 0 Å². The van der Waals surface area contributed by atoms with Gasteiger partial charge in [0, 0.05) is 24.5 Å². The first-order valence-electron chi connectivity index (χ1n) is 8.10. The van der Waals surface area contributed by atoms with E-state index in [2.05, 4.69) is 30.6 Å². The number of nitrogens with one attached hydrogen (secondary N) is 3. The fourth-order valence-electron chi connectivity index (χ4n) is 3.05. The van der Waals surface area contributed by atoms with Crippen LogP contribution in [0.3, 0.4) is 0 Å². The minimum Gasteiger partial charge on any atom is -0.369 e. The average Bonchev–Trinajstić information content (AvgIpc) is 3.09. The SMILES string of the molecule is c1cnc(NCC2CCCNC2)c(-c2cnc3[nH]ccc3n2)c1. The van der Waals surface area contributed by atoms with Gasteiger partial charge in [-0.2, -0.15) is 0 Å². The van der Waals surface area contributed by atoms with Crippen molar-refractivity contribution in [2.75, 3.05) is 25.0 Å². The Hall–Kier alpha value is -2.47. The molecule has 4 heterocycles. The van der Waals surface area contributed by atoms with Crippen LogP contribution in [-0.4, -0.2) is 39.6 Å². The Morgan fingerprint density at radius 1 is 1.26 bits per heavy atom. The van der Waals surface area contributed by atoms with E-state index in [0.29, 0.717) is 5.92 Å². The van der Waals surface area contributed by atoms with Gasteiger partial charge in [0.05, 0.1) is 11.9 Å². The Morgan fingerprint density at radius 3 is 3.17 bits per heavy atom. The van der Waals surface area contributed by atoms with E-state index in [-0.39, 0.29) is 0 Å². The molecule has 0 bridgehead atoms. The maximum Gasteiger partial charge on any atom is 0.156 e. The van der Waals surface area contributed by atoms with E-state index >= 15 is 0 Å². The van der Waals surface area contributed by atoms with Gasteiger partial charge in [-0.25, -0.2) is 15.0 Å². The quantitative estimate of drug-likeness (QED) is 0.690. The van der Waals surface area contributed by atoms with Gasteiger partial charge < -0.3 is 15.6 Å². The normalized spacial score (nSPS) is 18.2. The molecule has 1 unspecified atom stereocenters. The summed E-state index contributed by atoms with van der Waals surface area (Å²) in [5, 5.41) is 6.94. The number of hydrogen-bond donors (Lipinski definition) is 3. The summed E-state index contributed by atoms with van der Waals surface area (Å²) in [7, 11) is 0. The van der Waals surface area contributed by atoms with Crippen molar-refractivity contribution in [1.82, 2.24) is 25.3 Å². The van der Waals surface area contributed by atoms with Gasteiger partial charge in [-0.3, -0.25) is 0 Å². The monoisotopic (exact) mass is 308 g/mol. The van der Waals surface area contributed by atoms with Crippen molar-refractivity contribution in [3.05, 3.63) is 36.8 Å². The highest BCUT2D eigenvalue weighted by Gasteiger charge is 2.14. The second-order valence-electron chi connectivity index (χ2n) is 5.96. The second-order valence-corrected chi connectivity index (χ2v) is 5.96. The van der Waals surface area contributed by atoms with Gasteiger partial charge in [-0.15, -0.1) is 0 Å². The van der Waals surface area contributed by atoms with Gasteiger partial charge in [-0.05, 0) is 50.0 Å². The molecule has 0 aromatic carbocycles. The molecule has 0 radical (unpaired) electrons. The number of anilines is 1. The zero-order chi connectivity index (χ0) is 15.5. The zero-order valence-corrected chi connectivity index (χ0v) is 12.9. The lowest BCUT2D eigenvalue weighted by Gasteiger charge is -2.23. The lowest BCUT2D eigenvalue weighted by Crippen LogP contribution is -2.33. The number of nitrogens with zero attached hydrogens (tertiary/aromatic N) is 3. The minimum atomic E-state index is 0.650. The average molecular weight is 308 g/mol. The molecule has 0 aliphatic carbocycles. The Balaban J connectivity index is 1.58. The van der Waals surface area contributed by atoms with E-state index in [1.54, 1.807) is 6.20 Å². The molecule has 118 valence electrons. The molecule has 3 aromatic rings. The van der Waals surface area contributed by atoms with E-state index < -0.39 is 0 Å². The van der Waals surface area contributed by atoms with Crippen LogP contribution < -0.4 is 10.6 Å². The summed E-state index contributed by atoms with van der Waals surface area (Å²) < 4.78 is 0. The number of aromatic nitrogens is 4. The molecule has 23 heavy (non-hydrogen) atoms. The topological polar surface area (TPSA) is 78.5 Å². The van der Waals surface area contributed by atoms with Gasteiger partial charge in [0.2, 0.25) is 0 Å². The summed E-state index contributed by atoms with van der Waals surface area (Å²) >= 11 is 0. The van der Waals surface area contributed by atoms with Crippen LogP contribution in [0.2, 0.25) is 0 Å². The van der Waals surface area contributed by atoms with Crippen LogP contribution in [0.25, 0.3) is 22.4 Å². The molecule has 1 aliphatic rings. The number of rotatable bonds is 4. The van der Waals surface area contributed by atoms with Gasteiger partial charge in [-0.1, -0.05) is 0 Å². The van der Waals surface area contributed by atoms with Crippen LogP contribution in [0.4, 0.5) is 5.82 Å². The van der Waals surface area contributed by atoms with Crippen molar-refractivity contribution in [2.45, 2.75) is 12.8 Å². The molecule has 0 saturated carbocycles. The van der Waals surface area contributed by atoms with E-state index in [9.17, 15) is 0 Å². The summed E-state index contributed by atoms with van der Waals surface area (Å²) in [5.74, 6) is 1.53. The van der Waals surface area contributed by atoms with Gasteiger partial charge in [0.25, 0.3) is 0 Å². The van der Waals surface area contributed by atoms with E-state index in [1.165, 1.54) is 12.8 Å². The minimum absolute atomic E-state index is 0.650. The van der Waals surface area contributed by atoms with Gasteiger partial charge in [0.15, 0.2) is 5.65 Å². The molecule has 3 N–H and O–H groups in total. The number of fused-ring (bicyclic) bond motifs is 1. The molecule has 0 amide bonds. The summed E-state index contributed by atoms with van der Waals surface area (Å²) in [6.07, 6.45) is 7.97. The Labute approximate surface area is 134 Å². The first-order valence-corrected chi connectivity index (χ1v) is 8.10. The lowest BCUT2D eigenvalue weighted by molar-refractivity contribution is 0.392. The fraction of sp³-hybridized carbons (Fsp3) is 0.353. The Bertz CT molecular complexity index is 790. The third-order valence-corrected chi connectivity index (χ3v) is 4.30. The number of pyridine rings is 1. The van der Waals surface area contributed by atoms with E-state index in [4.69, 9.17) is 0 Å². The predicted octanol–water partition coefficient (Wildman–Crippen LogP) is 2.43. The van der Waals surface area contributed by atoms with Crippen molar-refractivity contribution in [3.8, 4) is 11.3 Å². The fourth-order valence-corrected chi connectivity index (χ4v) is 3.05.